The van der Waals surface area contributed by atoms with Crippen molar-refractivity contribution in [3.63, 3.8) is 0 Å². The van der Waals surface area contributed by atoms with E-state index in [1.54, 1.807) is 23.1 Å². The zero-order valence-electron chi connectivity index (χ0n) is 15.7. The lowest BCUT2D eigenvalue weighted by atomic mass is 9.95. The van der Waals surface area contributed by atoms with Crippen LogP contribution in [0.3, 0.4) is 0 Å². The Hall–Kier alpha value is -2.37. The van der Waals surface area contributed by atoms with Crippen molar-refractivity contribution in [2.45, 2.75) is 32.9 Å². The van der Waals surface area contributed by atoms with Crippen LogP contribution in [0.15, 0.2) is 48.5 Å². The monoisotopic (exact) mass is 387 g/mol. The van der Waals surface area contributed by atoms with E-state index in [1.165, 1.54) is 11.1 Å². The second-order valence-corrected chi connectivity index (χ2v) is 6.45. The van der Waals surface area contributed by atoms with E-state index in [9.17, 15) is 9.59 Å². The molecule has 144 valence electrons. The predicted molar refractivity (Wildman–Crippen MR) is 110 cm³/mol. The number of carbonyl (C=O) groups is 2. The third kappa shape index (κ3) is 4.87. The molecular weight excluding hydrogens is 362 g/mol. The van der Waals surface area contributed by atoms with E-state index in [2.05, 4.69) is 22.8 Å². The van der Waals surface area contributed by atoms with E-state index in [4.69, 9.17) is 0 Å². The Balaban J connectivity index is 0.00000261. The van der Waals surface area contributed by atoms with Crippen LogP contribution < -0.4 is 10.6 Å². The van der Waals surface area contributed by atoms with Gasteiger partial charge in [0.05, 0.1) is 6.04 Å². The van der Waals surface area contributed by atoms with Gasteiger partial charge in [-0.2, -0.15) is 0 Å². The van der Waals surface area contributed by atoms with Crippen molar-refractivity contribution in [2.75, 3.05) is 18.4 Å². The molecule has 0 aromatic heterocycles. The fourth-order valence-corrected chi connectivity index (χ4v) is 3.29. The Labute approximate surface area is 166 Å². The number of hydrogen-bond donors (Lipinski definition) is 2. The number of carbonyl (C=O) groups excluding carboxylic acids is 2. The number of anilines is 1. The van der Waals surface area contributed by atoms with E-state index >= 15 is 0 Å². The largest absolute Gasteiger partial charge is 0.339 e. The smallest absolute Gasteiger partial charge is 0.253 e. The maximum absolute atomic E-state index is 12.6. The molecule has 0 saturated heterocycles. The Morgan fingerprint density at radius 3 is 2.48 bits per heavy atom. The average molecular weight is 388 g/mol. The van der Waals surface area contributed by atoms with Crippen molar-refractivity contribution < 1.29 is 9.59 Å². The summed E-state index contributed by atoms with van der Waals surface area (Å²) in [4.78, 5) is 26.9. The van der Waals surface area contributed by atoms with Gasteiger partial charge in [0.2, 0.25) is 5.91 Å². The van der Waals surface area contributed by atoms with Crippen molar-refractivity contribution in [3.8, 4) is 0 Å². The average Bonchev–Trinajstić information content (AvgIpc) is 2.68. The first-order chi connectivity index (χ1) is 12.6. The minimum Gasteiger partial charge on any atom is -0.339 e. The SMILES string of the molecule is CCN(CC)C(=O)c1cccc(NC(=O)C2Cc3ccccc3CN2)c1.Cl. The lowest BCUT2D eigenvalue weighted by Gasteiger charge is -2.25. The third-order valence-corrected chi connectivity index (χ3v) is 4.83. The number of rotatable bonds is 5. The topological polar surface area (TPSA) is 61.4 Å². The minimum atomic E-state index is -0.271. The van der Waals surface area contributed by atoms with Gasteiger partial charge < -0.3 is 15.5 Å². The molecular formula is C21H26ClN3O2. The normalized spacial score (nSPS) is 15.3. The highest BCUT2D eigenvalue weighted by atomic mass is 35.5. The molecule has 3 rings (SSSR count). The van der Waals surface area contributed by atoms with Gasteiger partial charge in [-0.3, -0.25) is 9.59 Å². The van der Waals surface area contributed by atoms with Gasteiger partial charge >= 0.3 is 0 Å². The molecule has 1 unspecified atom stereocenters. The van der Waals surface area contributed by atoms with Crippen LogP contribution in [0, 0.1) is 0 Å². The highest BCUT2D eigenvalue weighted by Gasteiger charge is 2.24. The minimum absolute atomic E-state index is 0. The molecule has 2 amide bonds. The molecule has 6 heteroatoms. The molecule has 27 heavy (non-hydrogen) atoms. The van der Waals surface area contributed by atoms with Gasteiger partial charge in [-0.15, -0.1) is 12.4 Å². The number of fused-ring (bicyclic) bond motifs is 1. The van der Waals surface area contributed by atoms with Gasteiger partial charge in [-0.1, -0.05) is 30.3 Å². The Bertz CT molecular complexity index is 806. The van der Waals surface area contributed by atoms with Crippen molar-refractivity contribution in [3.05, 3.63) is 65.2 Å². The van der Waals surface area contributed by atoms with Gasteiger partial charge in [-0.25, -0.2) is 0 Å². The van der Waals surface area contributed by atoms with Crippen molar-refractivity contribution >= 4 is 29.9 Å². The summed E-state index contributed by atoms with van der Waals surface area (Å²) in [6.45, 7) is 5.93. The summed E-state index contributed by atoms with van der Waals surface area (Å²) in [5, 5.41) is 6.22. The standard InChI is InChI=1S/C21H25N3O2.ClH/c1-3-24(4-2)21(26)16-10-7-11-18(12-16)23-20(25)19-13-15-8-5-6-9-17(15)14-22-19;/h5-12,19,22H,3-4,13-14H2,1-2H3,(H,23,25);1H. The van der Waals surface area contributed by atoms with Crippen molar-refractivity contribution in [2.24, 2.45) is 0 Å². The molecule has 1 aliphatic heterocycles. The van der Waals surface area contributed by atoms with E-state index in [-0.39, 0.29) is 30.3 Å². The summed E-state index contributed by atoms with van der Waals surface area (Å²) >= 11 is 0. The number of hydrogen-bond acceptors (Lipinski definition) is 3. The highest BCUT2D eigenvalue weighted by molar-refractivity contribution is 5.98. The van der Waals surface area contributed by atoms with Crippen LogP contribution in [0.2, 0.25) is 0 Å². The quantitative estimate of drug-likeness (QED) is 0.827. The third-order valence-electron chi connectivity index (χ3n) is 4.83. The summed E-state index contributed by atoms with van der Waals surface area (Å²) in [5.41, 5.74) is 3.68. The van der Waals surface area contributed by atoms with Crippen molar-refractivity contribution in [1.29, 1.82) is 0 Å². The fraction of sp³-hybridized carbons (Fsp3) is 0.333. The van der Waals surface area contributed by atoms with E-state index in [0.29, 0.717) is 37.3 Å². The molecule has 1 atom stereocenters. The second kappa shape index (κ2) is 9.53. The summed E-state index contributed by atoms with van der Waals surface area (Å²) in [6.07, 6.45) is 0.667. The van der Waals surface area contributed by atoms with Gasteiger partial charge in [0, 0.05) is 30.9 Å². The van der Waals surface area contributed by atoms with Gasteiger partial charge in [0.1, 0.15) is 0 Å². The summed E-state index contributed by atoms with van der Waals surface area (Å²) in [5.74, 6) is -0.0947. The van der Waals surface area contributed by atoms with Gasteiger partial charge in [0.25, 0.3) is 5.91 Å². The number of nitrogens with one attached hydrogen (secondary N) is 2. The van der Waals surface area contributed by atoms with Crippen LogP contribution in [0.25, 0.3) is 0 Å². The molecule has 0 bridgehead atoms. The maximum atomic E-state index is 12.6. The van der Waals surface area contributed by atoms with Crippen LogP contribution in [0.4, 0.5) is 5.69 Å². The molecule has 2 aromatic carbocycles. The first-order valence-electron chi connectivity index (χ1n) is 9.12. The molecule has 1 heterocycles. The summed E-state index contributed by atoms with van der Waals surface area (Å²) < 4.78 is 0. The van der Waals surface area contributed by atoms with Crippen molar-refractivity contribution in [1.82, 2.24) is 10.2 Å². The van der Waals surface area contributed by atoms with E-state index < -0.39 is 0 Å². The van der Waals surface area contributed by atoms with Gasteiger partial charge in [0.15, 0.2) is 0 Å². The molecule has 0 saturated carbocycles. The first-order valence-corrected chi connectivity index (χ1v) is 9.12. The second-order valence-electron chi connectivity index (χ2n) is 6.45. The summed E-state index contributed by atoms with van der Waals surface area (Å²) in [6, 6.07) is 15.0. The Morgan fingerprint density at radius 1 is 1.07 bits per heavy atom. The molecule has 0 aliphatic carbocycles. The summed E-state index contributed by atoms with van der Waals surface area (Å²) in [7, 11) is 0. The maximum Gasteiger partial charge on any atom is 0.253 e. The number of nitrogens with zero attached hydrogens (tertiary/aromatic N) is 1. The van der Waals surface area contributed by atoms with E-state index in [1.807, 2.05) is 32.0 Å². The van der Waals surface area contributed by atoms with Gasteiger partial charge in [-0.05, 0) is 49.6 Å². The van der Waals surface area contributed by atoms with Crippen LogP contribution >= 0.6 is 12.4 Å². The molecule has 5 nitrogen and oxygen atoms in total. The van der Waals surface area contributed by atoms with E-state index in [0.717, 1.165) is 0 Å². The van der Waals surface area contributed by atoms with Crippen LogP contribution in [-0.2, 0) is 17.8 Å². The number of benzene rings is 2. The first kappa shape index (κ1) is 20.9. The van der Waals surface area contributed by atoms with Crippen LogP contribution in [-0.4, -0.2) is 35.8 Å². The molecule has 0 radical (unpaired) electrons. The molecule has 2 N–H and O–H groups in total. The molecule has 0 spiro atoms. The lowest BCUT2D eigenvalue weighted by Crippen LogP contribution is -2.44. The lowest BCUT2D eigenvalue weighted by molar-refractivity contribution is -0.118. The predicted octanol–water partition coefficient (Wildman–Crippen LogP) is 3.24. The number of amides is 2. The zero-order chi connectivity index (χ0) is 18.5. The Morgan fingerprint density at radius 2 is 1.78 bits per heavy atom. The van der Waals surface area contributed by atoms with Crippen LogP contribution in [0.5, 0.6) is 0 Å². The highest BCUT2D eigenvalue weighted by Crippen LogP contribution is 2.18. The number of halogens is 1. The molecule has 2 aromatic rings. The molecule has 1 aliphatic rings. The molecule has 0 fully saturated rings. The zero-order valence-corrected chi connectivity index (χ0v) is 16.5. The van der Waals surface area contributed by atoms with Crippen LogP contribution in [0.1, 0.15) is 35.3 Å². The fourth-order valence-electron chi connectivity index (χ4n) is 3.29. The Kier molecular flexibility index (Phi) is 7.39.